The third kappa shape index (κ3) is 3.05. The van der Waals surface area contributed by atoms with Crippen molar-refractivity contribution in [3.05, 3.63) is 40.7 Å². The predicted octanol–water partition coefficient (Wildman–Crippen LogP) is 1.95. The Morgan fingerprint density at radius 3 is 2.82 bits per heavy atom. The molecule has 22 heavy (non-hydrogen) atoms. The van der Waals surface area contributed by atoms with Crippen LogP contribution in [0.5, 0.6) is 0 Å². The molecule has 7 heteroatoms. The van der Waals surface area contributed by atoms with E-state index in [9.17, 15) is 9.59 Å². The molecule has 3 heterocycles. The molecule has 3 rings (SSSR count). The number of furan rings is 1. The van der Waals surface area contributed by atoms with E-state index in [4.69, 9.17) is 4.42 Å². The summed E-state index contributed by atoms with van der Waals surface area (Å²) in [7, 11) is 0. The van der Waals surface area contributed by atoms with Gasteiger partial charge in [0.05, 0.1) is 16.1 Å². The summed E-state index contributed by atoms with van der Waals surface area (Å²) in [6.07, 6.45) is 1.45. The van der Waals surface area contributed by atoms with Crippen LogP contribution in [0, 0.1) is 6.92 Å². The van der Waals surface area contributed by atoms with Crippen LogP contribution in [0.2, 0.25) is 0 Å². The molecule has 2 aromatic heterocycles. The number of carbonyl (C=O) groups is 2. The van der Waals surface area contributed by atoms with E-state index >= 15 is 0 Å². The van der Waals surface area contributed by atoms with Crippen LogP contribution in [0.3, 0.4) is 0 Å². The number of nitrogens with one attached hydrogen (secondary N) is 2. The summed E-state index contributed by atoms with van der Waals surface area (Å²) in [6, 6.07) is 5.08. The normalized spacial score (nSPS) is 14.9. The van der Waals surface area contributed by atoms with Gasteiger partial charge in [0.1, 0.15) is 0 Å². The van der Waals surface area contributed by atoms with Gasteiger partial charge in [0.15, 0.2) is 5.76 Å². The SMILES string of the molecule is Cc1cc(NC(=O)c2ccco2)sc1C(=O)N1CCNCC1. The number of hydrogen-bond donors (Lipinski definition) is 2. The van der Waals surface area contributed by atoms with Crippen molar-refractivity contribution in [1.82, 2.24) is 10.2 Å². The first-order valence-corrected chi connectivity index (χ1v) is 7.92. The van der Waals surface area contributed by atoms with Crippen molar-refractivity contribution in [3.63, 3.8) is 0 Å². The molecule has 0 saturated carbocycles. The van der Waals surface area contributed by atoms with Gasteiger partial charge in [-0.2, -0.15) is 0 Å². The van der Waals surface area contributed by atoms with Crippen molar-refractivity contribution in [2.75, 3.05) is 31.5 Å². The topological polar surface area (TPSA) is 74.6 Å². The first-order chi connectivity index (χ1) is 10.6. The van der Waals surface area contributed by atoms with Gasteiger partial charge in [0, 0.05) is 26.2 Å². The average Bonchev–Trinajstić information content (AvgIpc) is 3.17. The van der Waals surface area contributed by atoms with E-state index in [1.165, 1.54) is 17.6 Å². The Bertz CT molecular complexity index is 672. The molecular formula is C15H17N3O3S. The van der Waals surface area contributed by atoms with Crippen molar-refractivity contribution in [1.29, 1.82) is 0 Å². The minimum atomic E-state index is -0.313. The second-order valence-electron chi connectivity index (χ2n) is 5.10. The highest BCUT2D eigenvalue weighted by Crippen LogP contribution is 2.28. The number of thiophene rings is 1. The molecular weight excluding hydrogens is 302 g/mol. The molecule has 2 N–H and O–H groups in total. The van der Waals surface area contributed by atoms with E-state index in [2.05, 4.69) is 10.6 Å². The predicted molar refractivity (Wildman–Crippen MR) is 84.5 cm³/mol. The Hall–Kier alpha value is -2.12. The van der Waals surface area contributed by atoms with Crippen LogP contribution in [0.1, 0.15) is 25.8 Å². The van der Waals surface area contributed by atoms with Gasteiger partial charge < -0.3 is 20.0 Å². The molecule has 0 unspecified atom stereocenters. The van der Waals surface area contributed by atoms with E-state index < -0.39 is 0 Å². The van der Waals surface area contributed by atoms with Crippen molar-refractivity contribution in [2.24, 2.45) is 0 Å². The maximum absolute atomic E-state index is 12.5. The fourth-order valence-electron chi connectivity index (χ4n) is 2.35. The van der Waals surface area contributed by atoms with Crippen molar-refractivity contribution in [3.8, 4) is 0 Å². The van der Waals surface area contributed by atoms with Crippen LogP contribution in [0.25, 0.3) is 0 Å². The van der Waals surface area contributed by atoms with Crippen LogP contribution in [-0.2, 0) is 0 Å². The van der Waals surface area contributed by atoms with E-state index in [1.807, 2.05) is 17.9 Å². The maximum atomic E-state index is 12.5. The molecule has 1 aliphatic rings. The van der Waals surface area contributed by atoms with Crippen LogP contribution in [-0.4, -0.2) is 42.9 Å². The first-order valence-electron chi connectivity index (χ1n) is 7.10. The molecule has 0 spiro atoms. The van der Waals surface area contributed by atoms with Gasteiger partial charge in [0.2, 0.25) is 0 Å². The largest absolute Gasteiger partial charge is 0.459 e. The van der Waals surface area contributed by atoms with Gasteiger partial charge in [-0.3, -0.25) is 9.59 Å². The molecule has 116 valence electrons. The molecule has 0 radical (unpaired) electrons. The molecule has 1 fully saturated rings. The maximum Gasteiger partial charge on any atom is 0.291 e. The fraction of sp³-hybridized carbons (Fsp3) is 0.333. The number of carbonyl (C=O) groups excluding carboxylic acids is 2. The summed E-state index contributed by atoms with van der Waals surface area (Å²) in [4.78, 5) is 27.0. The van der Waals surface area contributed by atoms with Gasteiger partial charge in [0.25, 0.3) is 11.8 Å². The summed E-state index contributed by atoms with van der Waals surface area (Å²) < 4.78 is 5.06. The Morgan fingerprint density at radius 2 is 2.14 bits per heavy atom. The molecule has 1 saturated heterocycles. The third-order valence-corrected chi connectivity index (χ3v) is 4.64. The number of anilines is 1. The monoisotopic (exact) mass is 319 g/mol. The number of nitrogens with zero attached hydrogens (tertiary/aromatic N) is 1. The Labute approximate surface area is 132 Å². The van der Waals surface area contributed by atoms with E-state index in [1.54, 1.807) is 12.1 Å². The highest BCUT2D eigenvalue weighted by Gasteiger charge is 2.22. The Kier molecular flexibility index (Phi) is 4.26. The molecule has 6 nitrogen and oxygen atoms in total. The summed E-state index contributed by atoms with van der Waals surface area (Å²) >= 11 is 1.30. The lowest BCUT2D eigenvalue weighted by molar-refractivity contribution is 0.0740. The summed E-state index contributed by atoms with van der Waals surface area (Å²) in [5.41, 5.74) is 0.878. The average molecular weight is 319 g/mol. The van der Waals surface area contributed by atoms with Crippen LogP contribution in [0.15, 0.2) is 28.9 Å². The minimum absolute atomic E-state index is 0.0301. The molecule has 1 aliphatic heterocycles. The summed E-state index contributed by atoms with van der Waals surface area (Å²) in [5.74, 6) is -0.0315. The highest BCUT2D eigenvalue weighted by atomic mass is 32.1. The number of amides is 2. The van der Waals surface area contributed by atoms with Crippen molar-refractivity contribution >= 4 is 28.2 Å². The fourth-order valence-corrected chi connectivity index (χ4v) is 3.38. The molecule has 2 aromatic rings. The molecule has 0 atom stereocenters. The molecule has 2 amide bonds. The van der Waals surface area contributed by atoms with Gasteiger partial charge >= 0.3 is 0 Å². The van der Waals surface area contributed by atoms with Gasteiger partial charge in [-0.25, -0.2) is 0 Å². The van der Waals surface area contributed by atoms with E-state index in [0.717, 1.165) is 18.7 Å². The lowest BCUT2D eigenvalue weighted by Gasteiger charge is -2.27. The number of piperazine rings is 1. The zero-order valence-corrected chi connectivity index (χ0v) is 13.0. The zero-order chi connectivity index (χ0) is 15.5. The van der Waals surface area contributed by atoms with Crippen molar-refractivity contribution < 1.29 is 14.0 Å². The lowest BCUT2D eigenvalue weighted by Crippen LogP contribution is -2.46. The van der Waals surface area contributed by atoms with Crippen molar-refractivity contribution in [2.45, 2.75) is 6.92 Å². The van der Waals surface area contributed by atoms with Crippen LogP contribution < -0.4 is 10.6 Å². The summed E-state index contributed by atoms with van der Waals surface area (Å²) in [5, 5.41) is 6.64. The standard InChI is InChI=1S/C15H17N3O3S/c1-10-9-12(17-14(19)11-3-2-8-21-11)22-13(10)15(20)18-6-4-16-5-7-18/h2-3,8-9,16H,4-7H2,1H3,(H,17,19). The van der Waals surface area contributed by atoms with Gasteiger partial charge in [-0.1, -0.05) is 0 Å². The second-order valence-corrected chi connectivity index (χ2v) is 6.15. The Balaban J connectivity index is 1.73. The van der Waals surface area contributed by atoms with Gasteiger partial charge in [-0.15, -0.1) is 11.3 Å². The minimum Gasteiger partial charge on any atom is -0.459 e. The number of rotatable bonds is 3. The lowest BCUT2D eigenvalue weighted by atomic mass is 10.2. The number of hydrogen-bond acceptors (Lipinski definition) is 5. The third-order valence-electron chi connectivity index (χ3n) is 3.50. The zero-order valence-electron chi connectivity index (χ0n) is 12.2. The Morgan fingerprint density at radius 1 is 1.36 bits per heavy atom. The molecule has 0 aromatic carbocycles. The quantitative estimate of drug-likeness (QED) is 0.907. The number of aryl methyl sites for hydroxylation is 1. The van der Waals surface area contributed by atoms with E-state index in [-0.39, 0.29) is 17.6 Å². The summed E-state index contributed by atoms with van der Waals surface area (Å²) in [6.45, 7) is 4.94. The second kappa shape index (κ2) is 6.33. The highest BCUT2D eigenvalue weighted by molar-refractivity contribution is 7.18. The molecule has 0 aliphatic carbocycles. The van der Waals surface area contributed by atoms with E-state index in [0.29, 0.717) is 23.0 Å². The van der Waals surface area contributed by atoms with Gasteiger partial charge in [-0.05, 0) is 30.7 Å². The van der Waals surface area contributed by atoms with Crippen LogP contribution in [0.4, 0.5) is 5.00 Å². The van der Waals surface area contributed by atoms with Crippen LogP contribution >= 0.6 is 11.3 Å². The smallest absolute Gasteiger partial charge is 0.291 e. The molecule has 0 bridgehead atoms. The first kappa shape index (κ1) is 14.8.